The lowest BCUT2D eigenvalue weighted by atomic mass is 9.92. The fourth-order valence-corrected chi connectivity index (χ4v) is 2.94. The fourth-order valence-electron chi connectivity index (χ4n) is 2.94. The lowest BCUT2D eigenvalue weighted by Gasteiger charge is -2.14. The van der Waals surface area contributed by atoms with Crippen molar-refractivity contribution in [2.75, 3.05) is 0 Å². The van der Waals surface area contributed by atoms with Crippen LogP contribution in [-0.4, -0.2) is 0 Å². The Hall–Kier alpha value is 0. The average molecular weight is 238 g/mol. The molecule has 17 heavy (non-hydrogen) atoms. The molecule has 0 nitrogen and oxygen atoms in total. The van der Waals surface area contributed by atoms with Crippen molar-refractivity contribution < 1.29 is 0 Å². The van der Waals surface area contributed by atoms with E-state index in [9.17, 15) is 0 Å². The van der Waals surface area contributed by atoms with Crippen molar-refractivity contribution in [3.05, 3.63) is 0 Å². The first-order valence-electron chi connectivity index (χ1n) is 8.00. The molecule has 0 N–H and O–H groups in total. The molecule has 102 valence electrons. The van der Waals surface area contributed by atoms with Crippen molar-refractivity contribution in [3.63, 3.8) is 0 Å². The Kier molecular flexibility index (Phi) is 6.59. The van der Waals surface area contributed by atoms with Gasteiger partial charge in [0.25, 0.3) is 0 Å². The van der Waals surface area contributed by atoms with Crippen molar-refractivity contribution in [2.24, 2.45) is 29.6 Å². The van der Waals surface area contributed by atoms with E-state index < -0.39 is 0 Å². The van der Waals surface area contributed by atoms with Crippen molar-refractivity contribution in [3.8, 4) is 0 Å². The summed E-state index contributed by atoms with van der Waals surface area (Å²) in [5, 5.41) is 0. The summed E-state index contributed by atoms with van der Waals surface area (Å²) in [5.41, 5.74) is 0. The SMILES string of the molecule is CC(C)CC1CC1CCCCCC(C)C(C)C. The number of hydrogen-bond acceptors (Lipinski definition) is 0. The molecule has 0 spiro atoms. The summed E-state index contributed by atoms with van der Waals surface area (Å²) in [7, 11) is 0. The molecule has 0 aromatic carbocycles. The topological polar surface area (TPSA) is 0 Å². The maximum atomic E-state index is 2.41. The van der Waals surface area contributed by atoms with Crippen LogP contribution in [0.1, 0.15) is 79.6 Å². The Labute approximate surface area is 110 Å². The monoisotopic (exact) mass is 238 g/mol. The van der Waals surface area contributed by atoms with Gasteiger partial charge in [-0.3, -0.25) is 0 Å². The van der Waals surface area contributed by atoms with Crippen molar-refractivity contribution in [1.82, 2.24) is 0 Å². The average Bonchev–Trinajstić information content (AvgIpc) is 2.94. The second-order valence-corrected chi connectivity index (χ2v) is 7.24. The predicted molar refractivity (Wildman–Crippen MR) is 78.1 cm³/mol. The predicted octanol–water partition coefficient (Wildman–Crippen LogP) is 5.91. The molecule has 0 amide bonds. The second kappa shape index (κ2) is 7.44. The van der Waals surface area contributed by atoms with E-state index in [1.54, 1.807) is 6.42 Å². The third-order valence-electron chi connectivity index (χ3n) is 4.72. The quantitative estimate of drug-likeness (QED) is 0.438. The molecule has 3 unspecified atom stereocenters. The molecule has 1 aliphatic carbocycles. The lowest BCUT2D eigenvalue weighted by Crippen LogP contribution is -2.03. The van der Waals surface area contributed by atoms with Crippen LogP contribution in [0.15, 0.2) is 0 Å². The van der Waals surface area contributed by atoms with E-state index in [0.717, 1.165) is 29.6 Å². The molecule has 1 rings (SSSR count). The van der Waals surface area contributed by atoms with Gasteiger partial charge in [0.15, 0.2) is 0 Å². The van der Waals surface area contributed by atoms with E-state index in [2.05, 4.69) is 34.6 Å². The van der Waals surface area contributed by atoms with Gasteiger partial charge >= 0.3 is 0 Å². The van der Waals surface area contributed by atoms with Crippen molar-refractivity contribution in [1.29, 1.82) is 0 Å². The van der Waals surface area contributed by atoms with E-state index in [1.807, 2.05) is 0 Å². The Balaban J connectivity index is 1.89. The van der Waals surface area contributed by atoms with Gasteiger partial charge in [-0.05, 0) is 42.4 Å². The highest BCUT2D eigenvalue weighted by Gasteiger charge is 2.35. The van der Waals surface area contributed by atoms with Gasteiger partial charge in [0.2, 0.25) is 0 Å². The summed E-state index contributed by atoms with van der Waals surface area (Å²) < 4.78 is 0. The molecule has 0 saturated heterocycles. The van der Waals surface area contributed by atoms with Crippen LogP contribution in [0.2, 0.25) is 0 Å². The Morgan fingerprint density at radius 2 is 1.59 bits per heavy atom. The van der Waals surface area contributed by atoms with Crippen LogP contribution < -0.4 is 0 Å². The zero-order chi connectivity index (χ0) is 12.8. The third kappa shape index (κ3) is 6.48. The largest absolute Gasteiger partial charge is 0.0628 e. The Bertz CT molecular complexity index is 192. The maximum Gasteiger partial charge on any atom is -0.0381 e. The lowest BCUT2D eigenvalue weighted by molar-refractivity contribution is 0.373. The van der Waals surface area contributed by atoms with Gasteiger partial charge in [0, 0.05) is 0 Å². The van der Waals surface area contributed by atoms with Crippen LogP contribution in [0.25, 0.3) is 0 Å². The minimum absolute atomic E-state index is 0.869. The molecule has 1 fully saturated rings. The first-order valence-corrected chi connectivity index (χ1v) is 8.00. The molecule has 0 aromatic rings. The Morgan fingerprint density at radius 1 is 0.882 bits per heavy atom. The van der Waals surface area contributed by atoms with E-state index in [1.165, 1.54) is 38.5 Å². The molecular formula is C17H34. The van der Waals surface area contributed by atoms with E-state index >= 15 is 0 Å². The van der Waals surface area contributed by atoms with Gasteiger partial charge in [-0.1, -0.05) is 66.7 Å². The van der Waals surface area contributed by atoms with Gasteiger partial charge in [0.1, 0.15) is 0 Å². The summed E-state index contributed by atoms with van der Waals surface area (Å²) in [6.07, 6.45) is 10.4. The summed E-state index contributed by atoms with van der Waals surface area (Å²) in [6.45, 7) is 11.8. The molecule has 0 aliphatic heterocycles. The van der Waals surface area contributed by atoms with Gasteiger partial charge < -0.3 is 0 Å². The Morgan fingerprint density at radius 3 is 2.18 bits per heavy atom. The van der Waals surface area contributed by atoms with E-state index in [-0.39, 0.29) is 0 Å². The van der Waals surface area contributed by atoms with Crippen molar-refractivity contribution in [2.45, 2.75) is 79.6 Å². The van der Waals surface area contributed by atoms with Gasteiger partial charge in [-0.15, -0.1) is 0 Å². The van der Waals surface area contributed by atoms with E-state index in [4.69, 9.17) is 0 Å². The number of hydrogen-bond donors (Lipinski definition) is 0. The summed E-state index contributed by atoms with van der Waals surface area (Å²) >= 11 is 0. The van der Waals surface area contributed by atoms with Gasteiger partial charge in [-0.25, -0.2) is 0 Å². The normalized spacial score (nSPS) is 25.6. The number of rotatable bonds is 9. The molecule has 0 radical (unpaired) electrons. The second-order valence-electron chi connectivity index (χ2n) is 7.24. The third-order valence-corrected chi connectivity index (χ3v) is 4.72. The highest BCUT2D eigenvalue weighted by Crippen LogP contribution is 2.46. The maximum absolute atomic E-state index is 2.41. The molecule has 0 heterocycles. The molecule has 0 aromatic heterocycles. The van der Waals surface area contributed by atoms with Gasteiger partial charge in [0.05, 0.1) is 0 Å². The van der Waals surface area contributed by atoms with Gasteiger partial charge in [-0.2, -0.15) is 0 Å². The summed E-state index contributed by atoms with van der Waals surface area (Å²) in [5.74, 6) is 4.92. The van der Waals surface area contributed by atoms with E-state index in [0.29, 0.717) is 0 Å². The first-order chi connectivity index (χ1) is 8.00. The highest BCUT2D eigenvalue weighted by atomic mass is 14.4. The number of unbranched alkanes of at least 4 members (excludes halogenated alkanes) is 2. The standard InChI is InChI=1S/C17H34/c1-13(2)11-17-12-16(17)10-8-6-7-9-15(5)14(3)4/h13-17H,6-12H2,1-5H3. The van der Waals surface area contributed by atoms with Crippen LogP contribution in [-0.2, 0) is 0 Å². The highest BCUT2D eigenvalue weighted by molar-refractivity contribution is 4.86. The van der Waals surface area contributed by atoms with Crippen molar-refractivity contribution >= 4 is 0 Å². The smallest absolute Gasteiger partial charge is 0.0381 e. The molecule has 1 aliphatic rings. The molecule has 1 saturated carbocycles. The summed E-state index contributed by atoms with van der Waals surface area (Å²) in [4.78, 5) is 0. The van der Waals surface area contributed by atoms with Crippen LogP contribution in [0, 0.1) is 29.6 Å². The molecule has 0 bridgehead atoms. The minimum Gasteiger partial charge on any atom is -0.0628 e. The fraction of sp³-hybridized carbons (Fsp3) is 1.00. The minimum atomic E-state index is 0.869. The summed E-state index contributed by atoms with van der Waals surface area (Å²) in [6, 6.07) is 0. The molecule has 0 heteroatoms. The zero-order valence-electron chi connectivity index (χ0n) is 12.8. The molecular weight excluding hydrogens is 204 g/mol. The van der Waals surface area contributed by atoms with Crippen LogP contribution in [0.4, 0.5) is 0 Å². The van der Waals surface area contributed by atoms with Crippen LogP contribution >= 0.6 is 0 Å². The van der Waals surface area contributed by atoms with Crippen LogP contribution in [0.3, 0.4) is 0 Å². The van der Waals surface area contributed by atoms with Crippen LogP contribution in [0.5, 0.6) is 0 Å². The molecule has 3 atom stereocenters. The zero-order valence-corrected chi connectivity index (χ0v) is 12.8. The first kappa shape index (κ1) is 15.1.